The van der Waals surface area contributed by atoms with Crippen molar-refractivity contribution in [2.24, 2.45) is 0 Å². The molecular weight excluding hydrogens is 498 g/mol. The van der Waals surface area contributed by atoms with E-state index in [1.54, 1.807) is 50.2 Å². The molecule has 0 aliphatic heterocycles. The molecule has 1 atom stereocenters. The van der Waals surface area contributed by atoms with Crippen molar-refractivity contribution in [1.82, 2.24) is 10.2 Å². The molecule has 0 aliphatic rings. The number of likely N-dealkylation sites (N-methyl/N-ethyl adjacent to an activating group) is 1. The maximum atomic E-state index is 13.7. The molecule has 1 unspecified atom stereocenters. The van der Waals surface area contributed by atoms with Crippen molar-refractivity contribution in [2.45, 2.75) is 38.3 Å². The summed E-state index contributed by atoms with van der Waals surface area (Å²) in [4.78, 5) is 27.9. The number of hydrogen-bond donors (Lipinski definition) is 1. The van der Waals surface area contributed by atoms with E-state index in [-0.39, 0.29) is 23.0 Å². The predicted octanol–water partition coefficient (Wildman–Crippen LogP) is 4.40. The van der Waals surface area contributed by atoms with Crippen LogP contribution in [-0.2, 0) is 26.2 Å². The number of hydrogen-bond acceptors (Lipinski definition) is 4. The van der Waals surface area contributed by atoms with Crippen LogP contribution in [0.15, 0.2) is 83.8 Å². The Morgan fingerprint density at radius 1 is 0.972 bits per heavy atom. The Balaban J connectivity index is 2.02. The van der Waals surface area contributed by atoms with Gasteiger partial charge in [0.15, 0.2) is 0 Å². The van der Waals surface area contributed by atoms with E-state index in [0.717, 1.165) is 15.4 Å². The summed E-state index contributed by atoms with van der Waals surface area (Å²) in [5, 5.41) is 3.08. The summed E-state index contributed by atoms with van der Waals surface area (Å²) in [5.41, 5.74) is 2.10. The van der Waals surface area contributed by atoms with Crippen molar-refractivity contribution in [3.05, 3.63) is 95.0 Å². The summed E-state index contributed by atoms with van der Waals surface area (Å²) in [6.07, 6.45) is 0. The molecule has 0 heterocycles. The Morgan fingerprint density at radius 2 is 1.67 bits per heavy atom. The zero-order valence-electron chi connectivity index (χ0n) is 20.5. The number of aryl methyl sites for hydroxylation is 1. The fourth-order valence-electron chi connectivity index (χ4n) is 3.79. The third kappa shape index (κ3) is 6.65. The lowest BCUT2D eigenvalue weighted by Crippen LogP contribution is -2.51. The third-order valence-electron chi connectivity index (χ3n) is 5.66. The summed E-state index contributed by atoms with van der Waals surface area (Å²) in [6, 6.07) is 21.0. The van der Waals surface area contributed by atoms with Crippen molar-refractivity contribution >= 4 is 39.1 Å². The van der Waals surface area contributed by atoms with Crippen LogP contribution in [0.25, 0.3) is 0 Å². The van der Waals surface area contributed by atoms with Gasteiger partial charge in [-0.15, -0.1) is 0 Å². The first kappa shape index (κ1) is 27.2. The van der Waals surface area contributed by atoms with Crippen molar-refractivity contribution in [3.8, 4) is 0 Å². The van der Waals surface area contributed by atoms with Crippen LogP contribution in [0, 0.1) is 6.92 Å². The van der Waals surface area contributed by atoms with E-state index in [1.807, 2.05) is 31.2 Å². The molecule has 3 rings (SSSR count). The van der Waals surface area contributed by atoms with Gasteiger partial charge in [0, 0.05) is 18.1 Å². The van der Waals surface area contributed by atoms with Crippen LogP contribution < -0.4 is 9.62 Å². The van der Waals surface area contributed by atoms with Gasteiger partial charge >= 0.3 is 0 Å². The standard InChI is InChI=1S/C27H30ClN3O4S/c1-4-29-27(33)21(3)30(18-22-11-8-10-20(2)16-22)26(32)19-31(24-13-9-12-23(28)17-24)36(34,35)25-14-6-5-7-15-25/h5-17,21H,4,18-19H2,1-3H3,(H,29,33). The highest BCUT2D eigenvalue weighted by molar-refractivity contribution is 7.92. The molecule has 36 heavy (non-hydrogen) atoms. The molecule has 0 saturated carbocycles. The van der Waals surface area contributed by atoms with E-state index in [9.17, 15) is 18.0 Å². The molecule has 0 radical (unpaired) electrons. The zero-order valence-corrected chi connectivity index (χ0v) is 22.1. The lowest BCUT2D eigenvalue weighted by Gasteiger charge is -2.32. The molecule has 2 amide bonds. The second kappa shape index (κ2) is 12.1. The molecule has 190 valence electrons. The molecule has 3 aromatic rings. The topological polar surface area (TPSA) is 86.8 Å². The molecule has 0 bridgehead atoms. The maximum absolute atomic E-state index is 13.7. The van der Waals surface area contributed by atoms with E-state index in [4.69, 9.17) is 11.6 Å². The fraction of sp³-hybridized carbons (Fsp3) is 0.259. The van der Waals surface area contributed by atoms with Gasteiger partial charge in [-0.2, -0.15) is 0 Å². The summed E-state index contributed by atoms with van der Waals surface area (Å²) in [6.45, 7) is 5.42. The van der Waals surface area contributed by atoms with E-state index in [1.165, 1.54) is 23.1 Å². The molecule has 3 aromatic carbocycles. The van der Waals surface area contributed by atoms with E-state index in [0.29, 0.717) is 11.6 Å². The first-order valence-electron chi connectivity index (χ1n) is 11.6. The lowest BCUT2D eigenvalue weighted by molar-refractivity contribution is -0.139. The normalized spacial score (nSPS) is 12.0. The van der Waals surface area contributed by atoms with Gasteiger partial charge in [0.2, 0.25) is 11.8 Å². The first-order valence-corrected chi connectivity index (χ1v) is 13.4. The van der Waals surface area contributed by atoms with Gasteiger partial charge in [-0.25, -0.2) is 8.42 Å². The van der Waals surface area contributed by atoms with Crippen LogP contribution in [0.4, 0.5) is 5.69 Å². The third-order valence-corrected chi connectivity index (χ3v) is 7.68. The Morgan fingerprint density at radius 3 is 2.31 bits per heavy atom. The summed E-state index contributed by atoms with van der Waals surface area (Å²) >= 11 is 6.16. The van der Waals surface area contributed by atoms with E-state index < -0.39 is 28.5 Å². The zero-order chi connectivity index (χ0) is 26.3. The van der Waals surface area contributed by atoms with Gasteiger partial charge in [-0.3, -0.25) is 13.9 Å². The minimum Gasteiger partial charge on any atom is -0.355 e. The number of carbonyl (C=O) groups excluding carboxylic acids is 2. The Kier molecular flexibility index (Phi) is 9.12. The van der Waals surface area contributed by atoms with Crippen LogP contribution >= 0.6 is 11.6 Å². The highest BCUT2D eigenvalue weighted by Crippen LogP contribution is 2.26. The van der Waals surface area contributed by atoms with Crippen LogP contribution in [0.3, 0.4) is 0 Å². The van der Waals surface area contributed by atoms with Crippen molar-refractivity contribution in [2.75, 3.05) is 17.4 Å². The van der Waals surface area contributed by atoms with Crippen LogP contribution in [0.1, 0.15) is 25.0 Å². The van der Waals surface area contributed by atoms with E-state index in [2.05, 4.69) is 5.32 Å². The fourth-order valence-corrected chi connectivity index (χ4v) is 5.40. The largest absolute Gasteiger partial charge is 0.355 e. The van der Waals surface area contributed by atoms with Gasteiger partial charge in [0.25, 0.3) is 10.0 Å². The smallest absolute Gasteiger partial charge is 0.264 e. The van der Waals surface area contributed by atoms with Crippen molar-refractivity contribution in [1.29, 1.82) is 0 Å². The monoisotopic (exact) mass is 527 g/mol. The number of halogens is 1. The average Bonchev–Trinajstić information content (AvgIpc) is 2.86. The van der Waals surface area contributed by atoms with Crippen LogP contribution in [0.2, 0.25) is 5.02 Å². The number of sulfonamides is 1. The second-order valence-electron chi connectivity index (χ2n) is 8.39. The molecule has 1 N–H and O–H groups in total. The van der Waals surface area contributed by atoms with Crippen LogP contribution in [0.5, 0.6) is 0 Å². The number of amides is 2. The number of carbonyl (C=O) groups is 2. The Labute approximate surface area is 217 Å². The summed E-state index contributed by atoms with van der Waals surface area (Å²) in [7, 11) is -4.11. The Bertz CT molecular complexity index is 1320. The quantitative estimate of drug-likeness (QED) is 0.423. The minimum atomic E-state index is -4.11. The number of anilines is 1. The number of nitrogens with zero attached hydrogens (tertiary/aromatic N) is 2. The predicted molar refractivity (Wildman–Crippen MR) is 142 cm³/mol. The highest BCUT2D eigenvalue weighted by Gasteiger charge is 2.32. The summed E-state index contributed by atoms with van der Waals surface area (Å²) in [5.74, 6) is -0.839. The van der Waals surface area contributed by atoms with Crippen molar-refractivity contribution < 1.29 is 18.0 Å². The summed E-state index contributed by atoms with van der Waals surface area (Å²) < 4.78 is 28.3. The number of nitrogens with one attached hydrogen (secondary N) is 1. The Hall–Kier alpha value is -3.36. The molecule has 0 aromatic heterocycles. The SMILES string of the molecule is CCNC(=O)C(C)N(Cc1cccc(C)c1)C(=O)CN(c1cccc(Cl)c1)S(=O)(=O)c1ccccc1. The highest BCUT2D eigenvalue weighted by atomic mass is 35.5. The van der Waals surface area contributed by atoms with Crippen LogP contribution in [-0.4, -0.2) is 44.3 Å². The number of benzene rings is 3. The molecule has 7 nitrogen and oxygen atoms in total. The molecule has 9 heteroatoms. The molecule has 0 saturated heterocycles. The van der Waals surface area contributed by atoms with Gasteiger partial charge in [-0.05, 0) is 56.7 Å². The van der Waals surface area contributed by atoms with Gasteiger partial charge in [-0.1, -0.05) is 65.7 Å². The second-order valence-corrected chi connectivity index (χ2v) is 10.7. The molecular formula is C27H30ClN3O4S. The van der Waals surface area contributed by atoms with Gasteiger partial charge in [0.05, 0.1) is 10.6 Å². The molecule has 0 spiro atoms. The number of rotatable bonds is 10. The minimum absolute atomic E-state index is 0.0415. The molecule has 0 fully saturated rings. The first-order chi connectivity index (χ1) is 17.1. The lowest BCUT2D eigenvalue weighted by atomic mass is 10.1. The van der Waals surface area contributed by atoms with Gasteiger partial charge in [0.1, 0.15) is 12.6 Å². The maximum Gasteiger partial charge on any atom is 0.264 e. The van der Waals surface area contributed by atoms with Gasteiger partial charge < -0.3 is 10.2 Å². The van der Waals surface area contributed by atoms with E-state index >= 15 is 0 Å². The average molecular weight is 528 g/mol. The van der Waals surface area contributed by atoms with Crippen molar-refractivity contribution in [3.63, 3.8) is 0 Å². The molecule has 0 aliphatic carbocycles.